The molecule has 1 saturated carbocycles. The molecule has 1 unspecified atom stereocenters. The van der Waals surface area contributed by atoms with Gasteiger partial charge in [0.2, 0.25) is 0 Å². The van der Waals surface area contributed by atoms with Crippen LogP contribution >= 0.6 is 15.9 Å². The van der Waals surface area contributed by atoms with Gasteiger partial charge in [0.15, 0.2) is 0 Å². The van der Waals surface area contributed by atoms with Crippen LogP contribution in [-0.2, 0) is 0 Å². The summed E-state index contributed by atoms with van der Waals surface area (Å²) in [6.07, 6.45) is 5.01. The Kier molecular flexibility index (Phi) is 3.61. The predicted molar refractivity (Wildman–Crippen MR) is 73.9 cm³/mol. The van der Waals surface area contributed by atoms with E-state index < -0.39 is 5.97 Å². The molecule has 0 spiro atoms. The van der Waals surface area contributed by atoms with E-state index in [-0.39, 0.29) is 17.0 Å². The number of aromatic carboxylic acids is 1. The van der Waals surface area contributed by atoms with Crippen molar-refractivity contribution in [2.75, 3.05) is 5.32 Å². The van der Waals surface area contributed by atoms with Crippen LogP contribution in [0.3, 0.4) is 0 Å². The number of carbonyl (C=O) groups is 1. The van der Waals surface area contributed by atoms with Crippen molar-refractivity contribution in [3.8, 4) is 0 Å². The average Bonchev–Trinajstić information content (AvgIpc) is 2.60. The zero-order valence-corrected chi connectivity index (χ0v) is 12.1. The van der Waals surface area contributed by atoms with E-state index in [1.807, 2.05) is 0 Å². The van der Waals surface area contributed by atoms with Gasteiger partial charge in [-0.1, -0.05) is 20.3 Å². The minimum atomic E-state index is -0.956. The molecule has 0 amide bonds. The lowest BCUT2D eigenvalue weighted by Gasteiger charge is -2.28. The molecule has 0 bridgehead atoms. The van der Waals surface area contributed by atoms with E-state index in [2.05, 4.69) is 40.1 Å². The first-order chi connectivity index (χ1) is 8.40. The highest BCUT2D eigenvalue weighted by atomic mass is 79.9. The Morgan fingerprint density at radius 2 is 2.33 bits per heavy atom. The van der Waals surface area contributed by atoms with Gasteiger partial charge in [0, 0.05) is 16.7 Å². The molecule has 2 rings (SSSR count). The van der Waals surface area contributed by atoms with Crippen LogP contribution in [0.15, 0.2) is 16.7 Å². The molecule has 2 N–H and O–H groups in total. The summed E-state index contributed by atoms with van der Waals surface area (Å²) in [5.41, 5.74) is 0.400. The first-order valence-electron chi connectivity index (χ1n) is 6.05. The van der Waals surface area contributed by atoms with Crippen molar-refractivity contribution in [1.82, 2.24) is 4.98 Å². The maximum Gasteiger partial charge on any atom is 0.339 e. The predicted octanol–water partition coefficient (Wildman–Crippen LogP) is 3.53. The molecule has 5 heteroatoms. The highest BCUT2D eigenvalue weighted by Gasteiger charge is 2.35. The lowest BCUT2D eigenvalue weighted by Crippen LogP contribution is -2.31. The van der Waals surface area contributed by atoms with Crippen LogP contribution in [0.25, 0.3) is 0 Å². The maximum atomic E-state index is 11.2. The molecule has 4 nitrogen and oxygen atoms in total. The Morgan fingerprint density at radius 1 is 1.61 bits per heavy atom. The molecule has 0 aliphatic heterocycles. The Labute approximate surface area is 115 Å². The number of aromatic nitrogens is 1. The number of hydrogen-bond donors (Lipinski definition) is 2. The molecule has 1 aliphatic carbocycles. The number of nitrogens with zero attached hydrogens (tertiary/aromatic N) is 1. The van der Waals surface area contributed by atoms with Crippen molar-refractivity contribution in [2.24, 2.45) is 5.41 Å². The van der Waals surface area contributed by atoms with Crippen LogP contribution in [0, 0.1) is 5.41 Å². The second kappa shape index (κ2) is 4.88. The summed E-state index contributed by atoms with van der Waals surface area (Å²) >= 11 is 3.25. The lowest BCUT2D eigenvalue weighted by atomic mass is 9.87. The number of anilines is 1. The summed E-state index contributed by atoms with van der Waals surface area (Å²) in [5, 5.41) is 12.5. The molecule has 1 heterocycles. The van der Waals surface area contributed by atoms with Crippen LogP contribution in [0.5, 0.6) is 0 Å². The molecule has 1 aromatic heterocycles. The Balaban J connectivity index is 2.26. The summed E-state index contributed by atoms with van der Waals surface area (Å²) in [4.78, 5) is 15.4. The first kappa shape index (κ1) is 13.3. The van der Waals surface area contributed by atoms with Gasteiger partial charge < -0.3 is 10.4 Å². The highest BCUT2D eigenvalue weighted by molar-refractivity contribution is 9.10. The molecule has 0 radical (unpaired) electrons. The fraction of sp³-hybridized carbons (Fsp3) is 0.538. The van der Waals surface area contributed by atoms with Gasteiger partial charge in [0.1, 0.15) is 11.4 Å². The number of hydrogen-bond acceptors (Lipinski definition) is 3. The molecule has 1 aliphatic rings. The summed E-state index contributed by atoms with van der Waals surface area (Å²) in [5.74, 6) is -0.493. The van der Waals surface area contributed by atoms with Gasteiger partial charge in [-0.2, -0.15) is 0 Å². The Hall–Kier alpha value is -1.10. The fourth-order valence-electron chi connectivity index (χ4n) is 2.48. The highest BCUT2D eigenvalue weighted by Crippen LogP contribution is 2.39. The Morgan fingerprint density at radius 3 is 2.89 bits per heavy atom. The zero-order valence-electron chi connectivity index (χ0n) is 10.5. The number of halogens is 1. The molecule has 1 atom stereocenters. The number of carboxylic acid groups (broad SMARTS) is 1. The van der Waals surface area contributed by atoms with Gasteiger partial charge >= 0.3 is 5.97 Å². The average molecular weight is 313 g/mol. The van der Waals surface area contributed by atoms with Gasteiger partial charge in [0.05, 0.1) is 0 Å². The minimum Gasteiger partial charge on any atom is -0.478 e. The van der Waals surface area contributed by atoms with E-state index in [0.29, 0.717) is 10.3 Å². The quantitative estimate of drug-likeness (QED) is 0.896. The van der Waals surface area contributed by atoms with Gasteiger partial charge in [-0.05, 0) is 40.3 Å². The first-order valence-corrected chi connectivity index (χ1v) is 6.85. The van der Waals surface area contributed by atoms with E-state index in [9.17, 15) is 9.90 Å². The third-order valence-corrected chi connectivity index (χ3v) is 4.09. The van der Waals surface area contributed by atoms with Crippen LogP contribution in [0.1, 0.15) is 43.5 Å². The Bertz CT molecular complexity index is 474. The van der Waals surface area contributed by atoms with Crippen molar-refractivity contribution >= 4 is 27.7 Å². The lowest BCUT2D eigenvalue weighted by molar-refractivity contribution is 0.0697. The topological polar surface area (TPSA) is 62.2 Å². The van der Waals surface area contributed by atoms with Gasteiger partial charge in [-0.25, -0.2) is 9.78 Å². The summed E-state index contributed by atoms with van der Waals surface area (Å²) < 4.78 is 0.677. The van der Waals surface area contributed by atoms with Crippen molar-refractivity contribution < 1.29 is 9.90 Å². The third kappa shape index (κ3) is 2.66. The molecular formula is C13H17BrN2O2. The minimum absolute atomic E-state index is 0.185. The van der Waals surface area contributed by atoms with Crippen molar-refractivity contribution in [2.45, 2.75) is 39.2 Å². The summed E-state index contributed by atoms with van der Waals surface area (Å²) in [7, 11) is 0. The standard InChI is InChI=1S/C13H17BrN2O2/c1-13(2)5-3-4-10(13)16-11-9(12(17)18)6-8(14)7-15-11/h6-7,10H,3-5H2,1-2H3,(H,15,16)(H,17,18). The van der Waals surface area contributed by atoms with Gasteiger partial charge in [-0.15, -0.1) is 0 Å². The molecular weight excluding hydrogens is 296 g/mol. The van der Waals surface area contributed by atoms with Crippen molar-refractivity contribution in [3.63, 3.8) is 0 Å². The van der Waals surface area contributed by atoms with Gasteiger partial charge in [-0.3, -0.25) is 0 Å². The molecule has 98 valence electrons. The smallest absolute Gasteiger partial charge is 0.339 e. The van der Waals surface area contributed by atoms with E-state index in [0.717, 1.165) is 12.8 Å². The normalized spacial score (nSPS) is 21.8. The van der Waals surface area contributed by atoms with Crippen LogP contribution in [0.2, 0.25) is 0 Å². The second-order valence-electron chi connectivity index (χ2n) is 5.43. The molecule has 0 aromatic carbocycles. The number of rotatable bonds is 3. The maximum absolute atomic E-state index is 11.2. The van der Waals surface area contributed by atoms with E-state index in [4.69, 9.17) is 0 Å². The van der Waals surface area contributed by atoms with E-state index in [1.54, 1.807) is 12.3 Å². The van der Waals surface area contributed by atoms with Crippen LogP contribution < -0.4 is 5.32 Å². The van der Waals surface area contributed by atoms with Crippen molar-refractivity contribution in [1.29, 1.82) is 0 Å². The molecule has 18 heavy (non-hydrogen) atoms. The monoisotopic (exact) mass is 312 g/mol. The molecule has 0 saturated heterocycles. The van der Waals surface area contributed by atoms with Crippen molar-refractivity contribution in [3.05, 3.63) is 22.3 Å². The number of nitrogens with one attached hydrogen (secondary N) is 1. The van der Waals surface area contributed by atoms with Crippen LogP contribution in [0.4, 0.5) is 5.82 Å². The SMILES string of the molecule is CC1(C)CCCC1Nc1ncc(Br)cc1C(=O)O. The number of pyridine rings is 1. The van der Waals surface area contributed by atoms with Crippen LogP contribution in [-0.4, -0.2) is 22.1 Å². The molecule has 1 fully saturated rings. The van der Waals surface area contributed by atoms with E-state index in [1.165, 1.54) is 6.42 Å². The zero-order chi connectivity index (χ0) is 13.3. The van der Waals surface area contributed by atoms with E-state index >= 15 is 0 Å². The fourth-order valence-corrected chi connectivity index (χ4v) is 2.81. The third-order valence-electron chi connectivity index (χ3n) is 3.65. The summed E-state index contributed by atoms with van der Waals surface area (Å²) in [6.45, 7) is 4.41. The second-order valence-corrected chi connectivity index (χ2v) is 6.35. The molecule has 1 aromatic rings. The summed E-state index contributed by atoms with van der Waals surface area (Å²) in [6, 6.07) is 1.86. The number of carboxylic acids is 1. The van der Waals surface area contributed by atoms with Gasteiger partial charge in [0.25, 0.3) is 0 Å². The largest absolute Gasteiger partial charge is 0.478 e.